The number of carbonyl (C=O) groups is 1. The number of hydrogen-bond acceptors (Lipinski definition) is 2. The molecule has 0 aromatic rings. The van der Waals surface area contributed by atoms with Crippen LogP contribution in [0.4, 0.5) is 0 Å². The lowest BCUT2D eigenvalue weighted by Gasteiger charge is -2.24. The molecule has 0 saturated heterocycles. The van der Waals surface area contributed by atoms with Crippen molar-refractivity contribution < 1.29 is 4.79 Å². The molecule has 0 spiro atoms. The van der Waals surface area contributed by atoms with E-state index in [2.05, 4.69) is 10.6 Å². The Kier molecular flexibility index (Phi) is 6.21. The van der Waals surface area contributed by atoms with Crippen molar-refractivity contribution in [3.8, 4) is 0 Å². The summed E-state index contributed by atoms with van der Waals surface area (Å²) in [7, 11) is 0. The maximum atomic E-state index is 11.6. The summed E-state index contributed by atoms with van der Waals surface area (Å²) in [6.07, 6.45) is 4.92. The van der Waals surface area contributed by atoms with E-state index in [0.717, 1.165) is 13.0 Å². The zero-order valence-corrected chi connectivity index (χ0v) is 9.68. The molecular weight excluding hydrogens is 176 g/mol. The van der Waals surface area contributed by atoms with Gasteiger partial charge in [0.2, 0.25) is 5.91 Å². The lowest BCUT2D eigenvalue weighted by molar-refractivity contribution is -0.126. The summed E-state index contributed by atoms with van der Waals surface area (Å²) in [4.78, 5) is 11.6. The van der Waals surface area contributed by atoms with Crippen molar-refractivity contribution in [3.63, 3.8) is 0 Å². The molecule has 0 aliphatic carbocycles. The molecular formula is C11H22N2O. The summed E-state index contributed by atoms with van der Waals surface area (Å²) >= 11 is 0. The molecule has 2 N–H and O–H groups in total. The average molecular weight is 198 g/mol. The molecule has 0 aromatic carbocycles. The molecule has 14 heavy (non-hydrogen) atoms. The SMILES string of the molecule is C/C=C/CCNC(=O)C(C)(C)NCC. The number of carbonyl (C=O) groups excluding carboxylic acids is 1. The van der Waals surface area contributed by atoms with E-state index < -0.39 is 5.54 Å². The van der Waals surface area contributed by atoms with Crippen LogP contribution in [-0.2, 0) is 4.79 Å². The van der Waals surface area contributed by atoms with Gasteiger partial charge in [0.15, 0.2) is 0 Å². The van der Waals surface area contributed by atoms with Gasteiger partial charge in [0.05, 0.1) is 5.54 Å². The fraction of sp³-hybridized carbons (Fsp3) is 0.727. The highest BCUT2D eigenvalue weighted by atomic mass is 16.2. The normalized spacial score (nSPS) is 12.0. The Bertz CT molecular complexity index is 197. The summed E-state index contributed by atoms with van der Waals surface area (Å²) in [5.41, 5.74) is -0.468. The lowest BCUT2D eigenvalue weighted by Crippen LogP contribution is -2.52. The number of allylic oxidation sites excluding steroid dienone is 1. The average Bonchev–Trinajstić information content (AvgIpc) is 2.12. The minimum atomic E-state index is -0.468. The molecule has 0 aromatic heterocycles. The number of rotatable bonds is 6. The van der Waals surface area contributed by atoms with Crippen LogP contribution in [0, 0.1) is 0 Å². The van der Waals surface area contributed by atoms with Gasteiger partial charge in [-0.05, 0) is 33.7 Å². The molecule has 3 heteroatoms. The van der Waals surface area contributed by atoms with E-state index in [1.807, 2.05) is 39.8 Å². The summed E-state index contributed by atoms with van der Waals surface area (Å²) < 4.78 is 0. The van der Waals surface area contributed by atoms with Crippen LogP contribution in [0.5, 0.6) is 0 Å². The highest BCUT2D eigenvalue weighted by Gasteiger charge is 2.25. The fourth-order valence-corrected chi connectivity index (χ4v) is 1.18. The van der Waals surface area contributed by atoms with Crippen LogP contribution in [0.1, 0.15) is 34.1 Å². The predicted octanol–water partition coefficient (Wildman–Crippen LogP) is 1.46. The highest BCUT2D eigenvalue weighted by Crippen LogP contribution is 2.00. The van der Waals surface area contributed by atoms with Crippen LogP contribution in [0.25, 0.3) is 0 Å². The minimum Gasteiger partial charge on any atom is -0.354 e. The van der Waals surface area contributed by atoms with Gasteiger partial charge in [0.1, 0.15) is 0 Å². The Morgan fingerprint density at radius 1 is 1.43 bits per heavy atom. The van der Waals surface area contributed by atoms with E-state index in [9.17, 15) is 4.79 Å². The predicted molar refractivity (Wildman–Crippen MR) is 60.2 cm³/mol. The Morgan fingerprint density at radius 3 is 2.57 bits per heavy atom. The standard InChI is InChI=1S/C11H22N2O/c1-5-7-8-9-12-10(14)11(3,4)13-6-2/h5,7,13H,6,8-9H2,1-4H3,(H,12,14)/b7-5+. The third-order valence-corrected chi connectivity index (χ3v) is 2.02. The van der Waals surface area contributed by atoms with Crippen molar-refractivity contribution in [2.45, 2.75) is 39.7 Å². The second-order valence-corrected chi connectivity index (χ2v) is 3.77. The number of likely N-dealkylation sites (N-methyl/N-ethyl adjacent to an activating group) is 1. The van der Waals surface area contributed by atoms with Crippen LogP contribution in [0.2, 0.25) is 0 Å². The first-order valence-electron chi connectivity index (χ1n) is 5.19. The third kappa shape index (κ3) is 5.02. The van der Waals surface area contributed by atoms with Gasteiger partial charge >= 0.3 is 0 Å². The van der Waals surface area contributed by atoms with Gasteiger partial charge in [-0.25, -0.2) is 0 Å². The van der Waals surface area contributed by atoms with Crippen LogP contribution < -0.4 is 10.6 Å². The van der Waals surface area contributed by atoms with Crippen molar-refractivity contribution in [1.29, 1.82) is 0 Å². The van der Waals surface area contributed by atoms with E-state index in [-0.39, 0.29) is 5.91 Å². The summed E-state index contributed by atoms with van der Waals surface area (Å²) in [6.45, 7) is 9.26. The quantitative estimate of drug-likeness (QED) is 0.501. The Labute approximate surface area is 87.0 Å². The van der Waals surface area contributed by atoms with Crippen molar-refractivity contribution in [2.24, 2.45) is 0 Å². The van der Waals surface area contributed by atoms with E-state index in [1.54, 1.807) is 0 Å². The van der Waals surface area contributed by atoms with Crippen LogP contribution >= 0.6 is 0 Å². The molecule has 0 radical (unpaired) electrons. The van der Waals surface area contributed by atoms with Gasteiger partial charge < -0.3 is 10.6 Å². The summed E-state index contributed by atoms with van der Waals surface area (Å²) in [6, 6.07) is 0. The van der Waals surface area contributed by atoms with Gasteiger partial charge in [0, 0.05) is 6.54 Å². The van der Waals surface area contributed by atoms with E-state index in [1.165, 1.54) is 0 Å². The minimum absolute atomic E-state index is 0.0591. The van der Waals surface area contributed by atoms with Crippen LogP contribution in [0.15, 0.2) is 12.2 Å². The van der Waals surface area contributed by atoms with Gasteiger partial charge in [-0.1, -0.05) is 19.1 Å². The second kappa shape index (κ2) is 6.60. The van der Waals surface area contributed by atoms with Crippen LogP contribution in [-0.4, -0.2) is 24.5 Å². The molecule has 0 heterocycles. The number of amides is 1. The van der Waals surface area contributed by atoms with E-state index >= 15 is 0 Å². The van der Waals surface area contributed by atoms with Gasteiger partial charge in [-0.3, -0.25) is 4.79 Å². The Balaban J connectivity index is 3.82. The maximum Gasteiger partial charge on any atom is 0.239 e. The molecule has 0 saturated carbocycles. The molecule has 3 nitrogen and oxygen atoms in total. The second-order valence-electron chi connectivity index (χ2n) is 3.77. The number of nitrogens with one attached hydrogen (secondary N) is 2. The summed E-state index contributed by atoms with van der Waals surface area (Å²) in [5.74, 6) is 0.0591. The van der Waals surface area contributed by atoms with Gasteiger partial charge in [0.25, 0.3) is 0 Å². The zero-order chi connectivity index (χ0) is 11.0. The highest BCUT2D eigenvalue weighted by molar-refractivity contribution is 5.85. The molecule has 0 aliphatic rings. The Morgan fingerprint density at radius 2 is 2.07 bits per heavy atom. The van der Waals surface area contributed by atoms with E-state index in [4.69, 9.17) is 0 Å². The summed E-state index contributed by atoms with van der Waals surface area (Å²) in [5, 5.41) is 6.02. The molecule has 1 amide bonds. The monoisotopic (exact) mass is 198 g/mol. The van der Waals surface area contributed by atoms with Gasteiger partial charge in [-0.2, -0.15) is 0 Å². The van der Waals surface area contributed by atoms with Gasteiger partial charge in [-0.15, -0.1) is 0 Å². The molecule has 82 valence electrons. The third-order valence-electron chi connectivity index (χ3n) is 2.02. The molecule has 0 bridgehead atoms. The fourth-order valence-electron chi connectivity index (χ4n) is 1.18. The Hall–Kier alpha value is -0.830. The van der Waals surface area contributed by atoms with Crippen molar-refractivity contribution in [3.05, 3.63) is 12.2 Å². The molecule has 0 unspecified atom stereocenters. The van der Waals surface area contributed by atoms with E-state index in [0.29, 0.717) is 6.54 Å². The molecule has 0 atom stereocenters. The topological polar surface area (TPSA) is 41.1 Å². The lowest BCUT2D eigenvalue weighted by atomic mass is 10.0. The smallest absolute Gasteiger partial charge is 0.239 e. The largest absolute Gasteiger partial charge is 0.354 e. The van der Waals surface area contributed by atoms with Crippen molar-refractivity contribution in [1.82, 2.24) is 10.6 Å². The first-order valence-corrected chi connectivity index (χ1v) is 5.19. The first-order chi connectivity index (χ1) is 6.54. The van der Waals surface area contributed by atoms with Crippen LogP contribution in [0.3, 0.4) is 0 Å². The molecule has 0 rings (SSSR count). The first kappa shape index (κ1) is 13.2. The maximum absolute atomic E-state index is 11.6. The number of hydrogen-bond donors (Lipinski definition) is 2. The zero-order valence-electron chi connectivity index (χ0n) is 9.68. The van der Waals surface area contributed by atoms with Crippen molar-refractivity contribution in [2.75, 3.05) is 13.1 Å². The van der Waals surface area contributed by atoms with Crippen molar-refractivity contribution >= 4 is 5.91 Å². The molecule has 0 fully saturated rings. The molecule has 0 aliphatic heterocycles.